The maximum atomic E-state index is 12.5. The SMILES string of the molecule is CS(=O)(=O)N1CC(C(=O)NCCSCc2cccc(Cl)c2)Oc2ccccc21. The number of thioether (sulfide) groups is 1. The van der Waals surface area contributed by atoms with Crippen LogP contribution in [-0.4, -0.2) is 45.5 Å². The quantitative estimate of drug-likeness (QED) is 0.670. The van der Waals surface area contributed by atoms with Gasteiger partial charge in [-0.15, -0.1) is 0 Å². The zero-order chi connectivity index (χ0) is 20.1. The van der Waals surface area contributed by atoms with Crippen molar-refractivity contribution in [2.45, 2.75) is 11.9 Å². The monoisotopic (exact) mass is 440 g/mol. The summed E-state index contributed by atoms with van der Waals surface area (Å²) in [6.45, 7) is 0.418. The van der Waals surface area contributed by atoms with Crippen molar-refractivity contribution in [3.8, 4) is 5.75 Å². The lowest BCUT2D eigenvalue weighted by atomic mass is 10.2. The van der Waals surface area contributed by atoms with Gasteiger partial charge in [0, 0.05) is 23.1 Å². The third-order valence-electron chi connectivity index (χ3n) is 4.13. The molecule has 1 unspecified atom stereocenters. The zero-order valence-corrected chi connectivity index (χ0v) is 17.7. The number of para-hydroxylation sites is 2. The van der Waals surface area contributed by atoms with Crippen molar-refractivity contribution < 1.29 is 17.9 Å². The number of anilines is 1. The van der Waals surface area contributed by atoms with E-state index in [1.165, 1.54) is 4.31 Å². The number of ether oxygens (including phenoxy) is 1. The number of hydrogen-bond donors (Lipinski definition) is 1. The van der Waals surface area contributed by atoms with E-state index in [-0.39, 0.29) is 12.5 Å². The topological polar surface area (TPSA) is 75.7 Å². The van der Waals surface area contributed by atoms with Crippen LogP contribution in [0.25, 0.3) is 0 Å². The molecule has 1 atom stereocenters. The number of carbonyl (C=O) groups excluding carboxylic acids is 1. The molecule has 0 bridgehead atoms. The van der Waals surface area contributed by atoms with Gasteiger partial charge in [-0.25, -0.2) is 8.42 Å². The molecule has 1 aliphatic rings. The lowest BCUT2D eigenvalue weighted by molar-refractivity contribution is -0.127. The summed E-state index contributed by atoms with van der Waals surface area (Å²) in [5, 5.41) is 3.53. The molecule has 1 N–H and O–H groups in total. The third kappa shape index (κ3) is 5.33. The summed E-state index contributed by atoms with van der Waals surface area (Å²) in [7, 11) is -3.51. The first-order valence-corrected chi connectivity index (χ1v) is 12.1. The predicted molar refractivity (Wildman–Crippen MR) is 114 cm³/mol. The highest BCUT2D eigenvalue weighted by Gasteiger charge is 2.34. The van der Waals surface area contributed by atoms with Crippen molar-refractivity contribution in [2.75, 3.05) is 29.4 Å². The number of rotatable bonds is 7. The highest BCUT2D eigenvalue weighted by atomic mass is 35.5. The molecule has 1 aliphatic heterocycles. The normalized spacial score (nSPS) is 16.2. The van der Waals surface area contributed by atoms with Crippen LogP contribution in [0.4, 0.5) is 5.69 Å². The van der Waals surface area contributed by atoms with E-state index in [1.807, 2.05) is 24.3 Å². The Hall–Kier alpha value is -1.90. The van der Waals surface area contributed by atoms with E-state index in [2.05, 4.69) is 5.32 Å². The minimum absolute atomic E-state index is 0.0443. The zero-order valence-electron chi connectivity index (χ0n) is 15.3. The minimum atomic E-state index is -3.51. The highest BCUT2D eigenvalue weighted by molar-refractivity contribution is 7.98. The number of amides is 1. The van der Waals surface area contributed by atoms with Gasteiger partial charge >= 0.3 is 0 Å². The molecule has 9 heteroatoms. The third-order valence-corrected chi connectivity index (χ3v) is 6.54. The lowest BCUT2D eigenvalue weighted by Gasteiger charge is -2.33. The van der Waals surface area contributed by atoms with Crippen molar-refractivity contribution in [1.29, 1.82) is 0 Å². The van der Waals surface area contributed by atoms with Gasteiger partial charge in [-0.3, -0.25) is 9.10 Å². The van der Waals surface area contributed by atoms with Gasteiger partial charge < -0.3 is 10.1 Å². The van der Waals surface area contributed by atoms with E-state index in [0.717, 1.165) is 23.3 Å². The Kier molecular flexibility index (Phi) is 6.74. The summed E-state index contributed by atoms with van der Waals surface area (Å²) in [5.41, 5.74) is 1.57. The molecule has 0 aliphatic carbocycles. The van der Waals surface area contributed by atoms with Crippen molar-refractivity contribution in [3.63, 3.8) is 0 Å². The fourth-order valence-corrected chi connectivity index (χ4v) is 4.76. The van der Waals surface area contributed by atoms with Gasteiger partial charge in [0.2, 0.25) is 10.0 Å². The second-order valence-corrected chi connectivity index (χ2v) is 9.79. The second-order valence-electron chi connectivity index (χ2n) is 6.34. The average Bonchev–Trinajstić information content (AvgIpc) is 2.66. The van der Waals surface area contributed by atoms with Crippen LogP contribution in [0.5, 0.6) is 5.75 Å². The van der Waals surface area contributed by atoms with Gasteiger partial charge in [0.1, 0.15) is 5.75 Å². The summed E-state index contributed by atoms with van der Waals surface area (Å²) in [5.74, 6) is 1.57. The number of halogens is 1. The smallest absolute Gasteiger partial charge is 0.263 e. The number of hydrogen-bond acceptors (Lipinski definition) is 5. The maximum absolute atomic E-state index is 12.5. The Morgan fingerprint density at radius 3 is 2.82 bits per heavy atom. The number of benzene rings is 2. The summed E-state index contributed by atoms with van der Waals surface area (Å²) in [6, 6.07) is 14.5. The molecule has 150 valence electrons. The molecule has 0 saturated carbocycles. The minimum Gasteiger partial charge on any atom is -0.476 e. The van der Waals surface area contributed by atoms with Crippen LogP contribution in [0.1, 0.15) is 5.56 Å². The average molecular weight is 441 g/mol. The lowest BCUT2D eigenvalue weighted by Crippen LogP contribution is -2.50. The van der Waals surface area contributed by atoms with Crippen LogP contribution < -0.4 is 14.4 Å². The first-order valence-electron chi connectivity index (χ1n) is 8.68. The summed E-state index contributed by atoms with van der Waals surface area (Å²) in [6.07, 6.45) is 0.235. The Morgan fingerprint density at radius 1 is 1.29 bits per heavy atom. The van der Waals surface area contributed by atoms with E-state index in [9.17, 15) is 13.2 Å². The van der Waals surface area contributed by atoms with Crippen LogP contribution in [0, 0.1) is 0 Å². The molecule has 6 nitrogen and oxygen atoms in total. The Labute approximate surface area is 174 Å². The molecule has 0 aromatic heterocycles. The van der Waals surface area contributed by atoms with E-state index < -0.39 is 16.1 Å². The molecule has 2 aromatic rings. The first kappa shape index (κ1) is 20.8. The number of fused-ring (bicyclic) bond motifs is 1. The summed E-state index contributed by atoms with van der Waals surface area (Å²) < 4.78 is 31.1. The molecule has 28 heavy (non-hydrogen) atoms. The van der Waals surface area contributed by atoms with Crippen LogP contribution >= 0.6 is 23.4 Å². The number of nitrogens with zero attached hydrogens (tertiary/aromatic N) is 1. The van der Waals surface area contributed by atoms with Crippen LogP contribution in [0.3, 0.4) is 0 Å². The van der Waals surface area contributed by atoms with Crippen molar-refractivity contribution in [2.24, 2.45) is 0 Å². The van der Waals surface area contributed by atoms with Gasteiger partial charge in [-0.05, 0) is 29.8 Å². The van der Waals surface area contributed by atoms with Crippen LogP contribution in [-0.2, 0) is 20.6 Å². The largest absolute Gasteiger partial charge is 0.476 e. The van der Waals surface area contributed by atoms with Gasteiger partial charge in [-0.1, -0.05) is 35.9 Å². The molecule has 0 saturated heterocycles. The molecule has 1 amide bonds. The number of carbonyl (C=O) groups is 1. The van der Waals surface area contributed by atoms with E-state index in [4.69, 9.17) is 16.3 Å². The van der Waals surface area contributed by atoms with Gasteiger partial charge in [-0.2, -0.15) is 11.8 Å². The Bertz CT molecular complexity index is 952. The van der Waals surface area contributed by atoms with Crippen LogP contribution in [0.2, 0.25) is 5.02 Å². The van der Waals surface area contributed by atoms with Gasteiger partial charge in [0.25, 0.3) is 5.91 Å². The van der Waals surface area contributed by atoms with E-state index in [1.54, 1.807) is 36.0 Å². The van der Waals surface area contributed by atoms with Crippen LogP contribution in [0.15, 0.2) is 48.5 Å². The van der Waals surface area contributed by atoms with Gasteiger partial charge in [0.05, 0.1) is 18.5 Å². The summed E-state index contributed by atoms with van der Waals surface area (Å²) in [4.78, 5) is 12.5. The highest BCUT2D eigenvalue weighted by Crippen LogP contribution is 2.34. The Morgan fingerprint density at radius 2 is 2.07 bits per heavy atom. The van der Waals surface area contributed by atoms with E-state index in [0.29, 0.717) is 23.0 Å². The van der Waals surface area contributed by atoms with Crippen molar-refractivity contribution >= 4 is 45.0 Å². The first-order chi connectivity index (χ1) is 13.3. The molecule has 0 fully saturated rings. The second kappa shape index (κ2) is 9.07. The molecule has 3 rings (SSSR count). The van der Waals surface area contributed by atoms with Crippen molar-refractivity contribution in [3.05, 3.63) is 59.1 Å². The molecule has 0 spiro atoms. The Balaban J connectivity index is 1.52. The van der Waals surface area contributed by atoms with Gasteiger partial charge in [0.15, 0.2) is 6.10 Å². The maximum Gasteiger partial charge on any atom is 0.263 e. The predicted octanol–water partition coefficient (Wildman–Crippen LogP) is 2.92. The standard InChI is InChI=1S/C19H21ClN2O4S2/c1-28(24,25)22-12-18(26-17-8-3-2-7-16(17)22)19(23)21-9-10-27-13-14-5-4-6-15(20)11-14/h2-8,11,18H,9-10,12-13H2,1H3,(H,21,23). The fourth-order valence-electron chi connectivity index (χ4n) is 2.83. The summed E-state index contributed by atoms with van der Waals surface area (Å²) >= 11 is 7.64. The number of sulfonamides is 1. The molecule has 2 aromatic carbocycles. The molecule has 1 heterocycles. The fraction of sp³-hybridized carbons (Fsp3) is 0.316. The molecular formula is C19H21ClN2O4S2. The van der Waals surface area contributed by atoms with Crippen molar-refractivity contribution in [1.82, 2.24) is 5.32 Å². The van der Waals surface area contributed by atoms with E-state index >= 15 is 0 Å². The number of nitrogens with one attached hydrogen (secondary N) is 1. The molecular weight excluding hydrogens is 420 g/mol. The molecule has 0 radical (unpaired) electrons.